The smallest absolute Gasteiger partial charge is 0.153 e. The van der Waals surface area contributed by atoms with E-state index in [4.69, 9.17) is 24.5 Å². The maximum absolute atomic E-state index is 10.9. The first kappa shape index (κ1) is 21.8. The maximum atomic E-state index is 10.9. The number of benzene rings is 2. The van der Waals surface area contributed by atoms with Crippen LogP contribution in [0.2, 0.25) is 5.02 Å². The van der Waals surface area contributed by atoms with Crippen molar-refractivity contribution in [3.05, 3.63) is 47.0 Å². The molecule has 0 aliphatic rings. The summed E-state index contributed by atoms with van der Waals surface area (Å²) in [6.07, 6.45) is 0.713. The summed E-state index contributed by atoms with van der Waals surface area (Å²) in [4.78, 5) is 21.1. The molecule has 0 radical (unpaired) electrons. The summed E-state index contributed by atoms with van der Waals surface area (Å²) in [5, 5.41) is 12.2. The van der Waals surface area contributed by atoms with E-state index in [1.54, 1.807) is 18.2 Å². The molecule has 140 valence electrons. The van der Waals surface area contributed by atoms with Crippen molar-refractivity contribution in [3.63, 3.8) is 0 Å². The zero-order chi connectivity index (χ0) is 19.9. The summed E-state index contributed by atoms with van der Waals surface area (Å²) < 4.78 is 33.1. The molecule has 10 heteroatoms. The normalized spacial score (nSPS) is 10.3. The van der Waals surface area contributed by atoms with E-state index in [9.17, 15) is 18.4 Å². The molecule has 0 unspecified atom stereocenters. The third-order valence-electron chi connectivity index (χ3n) is 2.93. The van der Waals surface area contributed by atoms with Gasteiger partial charge in [-0.2, -0.15) is 0 Å². The number of ether oxygens (including phenoxy) is 1. The number of phenols is 1. The van der Waals surface area contributed by atoms with Gasteiger partial charge in [-0.15, -0.1) is 0 Å². The predicted molar refractivity (Wildman–Crippen MR) is 96.3 cm³/mol. The van der Waals surface area contributed by atoms with Gasteiger partial charge in [0.25, 0.3) is 0 Å². The summed E-state index contributed by atoms with van der Waals surface area (Å²) >= 11 is 0.551. The molecule has 1 amide bonds. The first-order valence-corrected chi connectivity index (χ1v) is 10.8. The Labute approximate surface area is 157 Å². The molecule has 4 N–H and O–H groups in total. The molecule has 26 heavy (non-hydrogen) atoms. The van der Waals surface area contributed by atoms with E-state index in [1.807, 2.05) is 0 Å². The number of carbonyl (C=O) groups excluding carboxylic acids is 2. The van der Waals surface area contributed by atoms with Crippen molar-refractivity contribution in [1.29, 1.82) is 0 Å². The number of hydrogen-bond acceptors (Lipinski definition) is 5. The summed E-state index contributed by atoms with van der Waals surface area (Å²) in [5.74, 6) is -0.304. The second kappa shape index (κ2) is 9.45. The number of hydrogen-bond donors (Lipinski definition) is 4. The van der Waals surface area contributed by atoms with Crippen LogP contribution in [0, 0.1) is 0 Å². The molecule has 0 saturated heterocycles. The Balaban J connectivity index is 0.000000273. The van der Waals surface area contributed by atoms with Crippen molar-refractivity contribution >= 4 is 48.0 Å². The summed E-state index contributed by atoms with van der Waals surface area (Å²) in [5.41, 5.74) is 0.757. The van der Waals surface area contributed by atoms with Crippen LogP contribution in [0.4, 0.5) is 5.69 Å². The van der Waals surface area contributed by atoms with Crippen LogP contribution >= 0.6 is 11.6 Å². The minimum absolute atomic E-state index is 0.285. The minimum Gasteiger partial charge on any atom is -0.496 e. The fourth-order valence-corrected chi connectivity index (χ4v) is 3.35. The molecule has 0 aliphatic carbocycles. The van der Waals surface area contributed by atoms with Gasteiger partial charge in [-0.3, -0.25) is 4.79 Å². The van der Waals surface area contributed by atoms with Gasteiger partial charge < -0.3 is 4.74 Å². The number of methoxy groups -OCH3 is 1. The Morgan fingerprint density at radius 3 is 2.35 bits per heavy atom. The number of anilines is 1. The molecule has 0 aromatic heterocycles. The molecule has 8 nitrogen and oxygen atoms in total. The number of carbonyl (C=O) groups is 2. The van der Waals surface area contributed by atoms with E-state index >= 15 is 0 Å². The Morgan fingerprint density at radius 1 is 1.23 bits per heavy atom. The van der Waals surface area contributed by atoms with Gasteiger partial charge in [-0.25, -0.2) is 0 Å². The number of rotatable bonds is 4. The van der Waals surface area contributed by atoms with Crippen molar-refractivity contribution < 1.29 is 31.4 Å². The standard InChI is InChI=1S/C8H10AsNO5.C8H7ClO2/c1-5(11)10-6-2-3-7(8(12)4-6)9(13,14)15;1-11-8-3-2-7(9)4-6(8)5-10/h2-4,12H,1H3,(H,10,11)(H2,13,14,15);2-5H,1H3. The minimum atomic E-state index is -5.09. The molecular formula is C16H17AsClNO7. The molecule has 0 atom stereocenters. The molecule has 2 aromatic rings. The summed E-state index contributed by atoms with van der Waals surface area (Å²) in [6.45, 7) is 1.29. The number of aldehydes is 1. The quantitative estimate of drug-likeness (QED) is 0.409. The van der Waals surface area contributed by atoms with Crippen LogP contribution in [-0.2, 0) is 8.53 Å². The second-order valence-corrected chi connectivity index (χ2v) is 8.66. The molecule has 0 saturated carbocycles. The average Bonchev–Trinajstić information content (AvgIpc) is 2.53. The first-order valence-electron chi connectivity index (χ1n) is 7.04. The van der Waals surface area contributed by atoms with E-state index in [0.29, 0.717) is 22.6 Å². The van der Waals surface area contributed by atoms with Gasteiger partial charge in [-0.1, -0.05) is 11.6 Å². The zero-order valence-electron chi connectivity index (χ0n) is 13.8. The van der Waals surface area contributed by atoms with E-state index in [1.165, 1.54) is 20.1 Å². The summed E-state index contributed by atoms with van der Waals surface area (Å²) in [6, 6.07) is 8.40. The number of phenolic OH excluding ortho intramolecular Hbond substituents is 1. The van der Waals surface area contributed by atoms with Gasteiger partial charge in [0.05, 0.1) is 12.7 Å². The Kier molecular flexibility index (Phi) is 7.92. The average molecular weight is 446 g/mol. The molecule has 0 bridgehead atoms. The van der Waals surface area contributed by atoms with Crippen LogP contribution in [0.15, 0.2) is 36.4 Å². The Hall–Kier alpha value is -2.25. The van der Waals surface area contributed by atoms with Gasteiger partial charge in [0.15, 0.2) is 6.29 Å². The SMILES string of the molecule is CC(=O)Nc1ccc([As](=O)(O)O)c(O)c1.COc1ccc(Cl)cc1C=O. The third-order valence-corrected chi connectivity index (χ3v) is 5.27. The topological polar surface area (TPSA) is 133 Å². The maximum Gasteiger partial charge on any atom is 0.153 e. The molecule has 0 fully saturated rings. The second-order valence-electron chi connectivity index (χ2n) is 4.93. The predicted octanol–water partition coefficient (Wildman–Crippen LogP) is 1.07. The van der Waals surface area contributed by atoms with Gasteiger partial charge in [0.2, 0.25) is 0 Å². The van der Waals surface area contributed by atoms with Crippen molar-refractivity contribution in [3.8, 4) is 11.5 Å². The summed E-state index contributed by atoms with van der Waals surface area (Å²) in [7, 11) is 1.51. The molecule has 2 rings (SSSR count). The number of aromatic hydroxyl groups is 1. The monoisotopic (exact) mass is 445 g/mol. The number of halogens is 1. The molecular weight excluding hydrogens is 429 g/mol. The van der Waals surface area contributed by atoms with Crippen molar-refractivity contribution in [2.24, 2.45) is 0 Å². The number of nitrogens with one attached hydrogen (secondary N) is 1. The molecule has 2 aromatic carbocycles. The Morgan fingerprint density at radius 2 is 1.88 bits per heavy atom. The Bertz CT molecular complexity index is 850. The van der Waals surface area contributed by atoms with E-state index < -0.39 is 24.3 Å². The van der Waals surface area contributed by atoms with Crippen LogP contribution in [0.1, 0.15) is 17.3 Å². The van der Waals surface area contributed by atoms with E-state index in [0.717, 1.165) is 12.1 Å². The van der Waals surface area contributed by atoms with Crippen LogP contribution in [0.5, 0.6) is 11.5 Å². The van der Waals surface area contributed by atoms with Crippen molar-refractivity contribution in [2.75, 3.05) is 12.4 Å². The fourth-order valence-electron chi connectivity index (χ4n) is 1.85. The third kappa shape index (κ3) is 6.57. The van der Waals surface area contributed by atoms with E-state index in [-0.39, 0.29) is 11.6 Å². The fraction of sp³-hybridized carbons (Fsp3) is 0.125. The van der Waals surface area contributed by atoms with Crippen LogP contribution < -0.4 is 14.4 Å². The van der Waals surface area contributed by atoms with Crippen LogP contribution in [-0.4, -0.2) is 46.8 Å². The zero-order valence-corrected chi connectivity index (χ0v) is 16.5. The van der Waals surface area contributed by atoms with Crippen molar-refractivity contribution in [1.82, 2.24) is 0 Å². The van der Waals surface area contributed by atoms with E-state index in [2.05, 4.69) is 5.32 Å². The van der Waals surface area contributed by atoms with Crippen LogP contribution in [0.3, 0.4) is 0 Å². The first-order chi connectivity index (χ1) is 12.1. The van der Waals surface area contributed by atoms with Gasteiger partial charge in [-0.05, 0) is 18.2 Å². The van der Waals surface area contributed by atoms with Crippen LogP contribution in [0.25, 0.3) is 0 Å². The largest absolute Gasteiger partial charge is 0.496 e. The molecule has 0 aliphatic heterocycles. The van der Waals surface area contributed by atoms with Crippen molar-refractivity contribution in [2.45, 2.75) is 6.92 Å². The van der Waals surface area contributed by atoms with Gasteiger partial charge in [0.1, 0.15) is 5.75 Å². The molecule has 0 heterocycles. The van der Waals surface area contributed by atoms with Gasteiger partial charge >= 0.3 is 88.1 Å². The number of amides is 1. The molecule has 0 spiro atoms. The van der Waals surface area contributed by atoms with Gasteiger partial charge in [0, 0.05) is 5.02 Å².